The van der Waals surface area contributed by atoms with Crippen LogP contribution in [-0.2, 0) is 6.54 Å². The lowest BCUT2D eigenvalue weighted by Crippen LogP contribution is -2.37. The number of nitrogens with zero attached hydrogens (tertiary/aromatic N) is 1. The molecule has 19 heavy (non-hydrogen) atoms. The van der Waals surface area contributed by atoms with Gasteiger partial charge in [-0.15, -0.1) is 12.4 Å². The molecule has 1 aromatic rings. The molecule has 1 saturated heterocycles. The molecule has 4 heteroatoms. The van der Waals surface area contributed by atoms with Crippen LogP contribution in [-0.4, -0.2) is 37.7 Å². The number of hydrogen-bond donors (Lipinski definition) is 1. The lowest BCUT2D eigenvalue weighted by molar-refractivity contribution is 0.197. The molecule has 1 aliphatic heterocycles. The highest BCUT2D eigenvalue weighted by Gasteiger charge is 2.22. The minimum atomic E-state index is 0. The van der Waals surface area contributed by atoms with Gasteiger partial charge in [-0.1, -0.05) is 25.1 Å². The van der Waals surface area contributed by atoms with Crippen LogP contribution in [0.1, 0.15) is 25.3 Å². The molecule has 1 unspecified atom stereocenters. The number of halogens is 1. The van der Waals surface area contributed by atoms with E-state index in [1.807, 2.05) is 12.1 Å². The summed E-state index contributed by atoms with van der Waals surface area (Å²) in [6, 6.07) is 9.02. The van der Waals surface area contributed by atoms with Crippen molar-refractivity contribution in [1.82, 2.24) is 10.2 Å². The average molecular weight is 285 g/mol. The molecule has 0 aliphatic carbocycles. The van der Waals surface area contributed by atoms with Gasteiger partial charge in [-0.3, -0.25) is 4.90 Å². The number of para-hydroxylation sites is 1. The summed E-state index contributed by atoms with van der Waals surface area (Å²) in [6.07, 6.45) is 2.46. The zero-order valence-electron chi connectivity index (χ0n) is 11.9. The zero-order valence-corrected chi connectivity index (χ0v) is 12.7. The summed E-state index contributed by atoms with van der Waals surface area (Å²) in [7, 11) is 1.75. The van der Waals surface area contributed by atoms with E-state index < -0.39 is 0 Å². The normalized spacial score (nSPS) is 18.4. The third kappa shape index (κ3) is 4.37. The second kappa shape index (κ2) is 8.41. The fourth-order valence-electron chi connectivity index (χ4n) is 2.68. The number of ether oxygens (including phenoxy) is 1. The highest BCUT2D eigenvalue weighted by Crippen LogP contribution is 2.21. The van der Waals surface area contributed by atoms with Gasteiger partial charge in [-0.25, -0.2) is 0 Å². The van der Waals surface area contributed by atoms with Crippen molar-refractivity contribution >= 4 is 12.4 Å². The first-order valence-electron chi connectivity index (χ1n) is 6.91. The van der Waals surface area contributed by atoms with E-state index in [0.717, 1.165) is 31.9 Å². The molecule has 3 nitrogen and oxygen atoms in total. The monoisotopic (exact) mass is 284 g/mol. The van der Waals surface area contributed by atoms with E-state index in [2.05, 4.69) is 29.3 Å². The first-order valence-corrected chi connectivity index (χ1v) is 6.91. The highest BCUT2D eigenvalue weighted by molar-refractivity contribution is 5.85. The number of nitrogens with one attached hydrogen (secondary N) is 1. The topological polar surface area (TPSA) is 24.5 Å². The molecule has 0 bridgehead atoms. The number of benzene rings is 1. The van der Waals surface area contributed by atoms with Gasteiger partial charge in [0.25, 0.3) is 0 Å². The summed E-state index contributed by atoms with van der Waals surface area (Å²) in [5.41, 5.74) is 1.29. The minimum Gasteiger partial charge on any atom is -0.496 e. The third-order valence-corrected chi connectivity index (χ3v) is 3.63. The van der Waals surface area contributed by atoms with E-state index in [0.29, 0.717) is 6.04 Å². The Morgan fingerprint density at radius 3 is 2.79 bits per heavy atom. The Kier molecular flexibility index (Phi) is 7.21. The predicted molar refractivity (Wildman–Crippen MR) is 82.2 cm³/mol. The van der Waals surface area contributed by atoms with Gasteiger partial charge >= 0.3 is 0 Å². The molecular weight excluding hydrogens is 260 g/mol. The van der Waals surface area contributed by atoms with Crippen LogP contribution < -0.4 is 10.1 Å². The van der Waals surface area contributed by atoms with Crippen LogP contribution in [0.15, 0.2) is 24.3 Å². The zero-order chi connectivity index (χ0) is 12.8. The molecule has 1 heterocycles. The fraction of sp³-hybridized carbons (Fsp3) is 0.600. The Balaban J connectivity index is 0.00000180. The smallest absolute Gasteiger partial charge is 0.123 e. The molecule has 0 radical (unpaired) electrons. The van der Waals surface area contributed by atoms with E-state index in [9.17, 15) is 0 Å². The number of rotatable bonds is 6. The molecule has 2 rings (SSSR count). The highest BCUT2D eigenvalue weighted by atomic mass is 35.5. The Labute approximate surface area is 122 Å². The first kappa shape index (κ1) is 16.3. The van der Waals surface area contributed by atoms with Gasteiger partial charge in [0.2, 0.25) is 0 Å². The van der Waals surface area contributed by atoms with Crippen LogP contribution in [0.3, 0.4) is 0 Å². The van der Waals surface area contributed by atoms with Crippen molar-refractivity contribution in [3.63, 3.8) is 0 Å². The molecule has 1 atom stereocenters. The van der Waals surface area contributed by atoms with E-state index >= 15 is 0 Å². The van der Waals surface area contributed by atoms with Crippen LogP contribution in [0, 0.1) is 0 Å². The molecular formula is C15H25ClN2O. The molecule has 1 fully saturated rings. The SMILES string of the molecule is CCCN(Cc1ccccc1OC)C1CCNC1.Cl. The van der Waals surface area contributed by atoms with Crippen molar-refractivity contribution in [3.05, 3.63) is 29.8 Å². The van der Waals surface area contributed by atoms with Crippen molar-refractivity contribution in [2.75, 3.05) is 26.7 Å². The maximum atomic E-state index is 5.44. The lowest BCUT2D eigenvalue weighted by atomic mass is 10.1. The van der Waals surface area contributed by atoms with Crippen LogP contribution in [0.4, 0.5) is 0 Å². The summed E-state index contributed by atoms with van der Waals surface area (Å²) in [5.74, 6) is 1.00. The molecule has 1 aromatic carbocycles. The second-order valence-electron chi connectivity index (χ2n) is 4.93. The van der Waals surface area contributed by atoms with E-state index in [4.69, 9.17) is 4.74 Å². The van der Waals surface area contributed by atoms with Crippen molar-refractivity contribution in [3.8, 4) is 5.75 Å². The average Bonchev–Trinajstić information content (AvgIpc) is 2.92. The summed E-state index contributed by atoms with van der Waals surface area (Å²) >= 11 is 0. The first-order chi connectivity index (χ1) is 8.85. The quantitative estimate of drug-likeness (QED) is 0.869. The summed E-state index contributed by atoms with van der Waals surface area (Å²) < 4.78 is 5.44. The van der Waals surface area contributed by atoms with Crippen LogP contribution >= 0.6 is 12.4 Å². The van der Waals surface area contributed by atoms with E-state index in [1.165, 1.54) is 18.4 Å². The van der Waals surface area contributed by atoms with Crippen LogP contribution in [0.5, 0.6) is 5.75 Å². The molecule has 1 N–H and O–H groups in total. The van der Waals surface area contributed by atoms with Crippen LogP contribution in [0.2, 0.25) is 0 Å². The minimum absolute atomic E-state index is 0. The molecule has 0 spiro atoms. The molecule has 0 aromatic heterocycles. The standard InChI is InChI=1S/C15H24N2O.ClH/c1-3-10-17(14-8-9-16-11-14)12-13-6-4-5-7-15(13)18-2;/h4-7,14,16H,3,8-12H2,1-2H3;1H. The largest absolute Gasteiger partial charge is 0.496 e. The second-order valence-corrected chi connectivity index (χ2v) is 4.93. The summed E-state index contributed by atoms with van der Waals surface area (Å²) in [6.45, 7) is 6.66. The molecule has 108 valence electrons. The van der Waals surface area contributed by atoms with Gasteiger partial charge in [-0.2, -0.15) is 0 Å². The Morgan fingerprint density at radius 2 is 2.16 bits per heavy atom. The van der Waals surface area contributed by atoms with Gasteiger partial charge < -0.3 is 10.1 Å². The van der Waals surface area contributed by atoms with Crippen LogP contribution in [0.25, 0.3) is 0 Å². The van der Waals surface area contributed by atoms with Gasteiger partial charge in [0.05, 0.1) is 7.11 Å². The van der Waals surface area contributed by atoms with Gasteiger partial charge in [0.15, 0.2) is 0 Å². The van der Waals surface area contributed by atoms with Crippen molar-refractivity contribution < 1.29 is 4.74 Å². The maximum Gasteiger partial charge on any atom is 0.123 e. The summed E-state index contributed by atoms with van der Waals surface area (Å²) in [5, 5.41) is 3.45. The molecule has 0 saturated carbocycles. The van der Waals surface area contributed by atoms with Crippen molar-refractivity contribution in [2.45, 2.75) is 32.4 Å². The van der Waals surface area contributed by atoms with Crippen molar-refractivity contribution in [2.24, 2.45) is 0 Å². The van der Waals surface area contributed by atoms with E-state index in [1.54, 1.807) is 7.11 Å². The third-order valence-electron chi connectivity index (χ3n) is 3.63. The number of methoxy groups -OCH3 is 1. The van der Waals surface area contributed by atoms with Crippen molar-refractivity contribution in [1.29, 1.82) is 0 Å². The summed E-state index contributed by atoms with van der Waals surface area (Å²) in [4.78, 5) is 2.58. The van der Waals surface area contributed by atoms with Gasteiger partial charge in [0.1, 0.15) is 5.75 Å². The lowest BCUT2D eigenvalue weighted by Gasteiger charge is -2.28. The Hall–Kier alpha value is -0.770. The van der Waals surface area contributed by atoms with Gasteiger partial charge in [0, 0.05) is 24.7 Å². The predicted octanol–water partition coefficient (Wildman–Crippen LogP) is 2.69. The van der Waals surface area contributed by atoms with E-state index in [-0.39, 0.29) is 12.4 Å². The molecule has 1 aliphatic rings. The maximum absolute atomic E-state index is 5.44. The Morgan fingerprint density at radius 1 is 1.37 bits per heavy atom. The fourth-order valence-corrected chi connectivity index (χ4v) is 2.68. The molecule has 0 amide bonds. The number of hydrogen-bond acceptors (Lipinski definition) is 3. The Bertz CT molecular complexity index is 367. The van der Waals surface area contributed by atoms with Gasteiger partial charge in [-0.05, 0) is 32.0 Å².